The van der Waals surface area contributed by atoms with E-state index in [4.69, 9.17) is 4.74 Å². The minimum absolute atomic E-state index is 0.156. The lowest BCUT2D eigenvalue weighted by Gasteiger charge is -2.10. The molecule has 128 valence electrons. The number of amides is 2. The Balaban J connectivity index is 1.47. The lowest BCUT2D eigenvalue weighted by Crippen LogP contribution is -2.36. The fourth-order valence-electron chi connectivity index (χ4n) is 2.81. The summed E-state index contributed by atoms with van der Waals surface area (Å²) in [7, 11) is 1.64. The summed E-state index contributed by atoms with van der Waals surface area (Å²) in [5, 5.41) is 8.25. The molecular formula is C21H22N2O2. The molecule has 0 aliphatic carbocycles. The molecule has 0 unspecified atom stereocenters. The van der Waals surface area contributed by atoms with Crippen molar-refractivity contribution in [2.24, 2.45) is 0 Å². The number of fused-ring (bicyclic) bond motifs is 1. The molecule has 2 amide bonds. The van der Waals surface area contributed by atoms with E-state index in [-0.39, 0.29) is 6.03 Å². The predicted molar refractivity (Wildman–Crippen MR) is 101 cm³/mol. The lowest BCUT2D eigenvalue weighted by molar-refractivity contribution is 0.240. The van der Waals surface area contributed by atoms with Crippen LogP contribution in [0.5, 0.6) is 5.75 Å². The highest BCUT2D eigenvalue weighted by atomic mass is 16.5. The first-order chi connectivity index (χ1) is 12.3. The number of hydrogen-bond donors (Lipinski definition) is 2. The minimum atomic E-state index is -0.156. The maximum atomic E-state index is 11.9. The molecule has 0 saturated heterocycles. The van der Waals surface area contributed by atoms with Gasteiger partial charge < -0.3 is 15.4 Å². The van der Waals surface area contributed by atoms with Gasteiger partial charge in [-0.15, -0.1) is 0 Å². The van der Waals surface area contributed by atoms with E-state index < -0.39 is 0 Å². The Morgan fingerprint density at radius 1 is 0.920 bits per heavy atom. The van der Waals surface area contributed by atoms with Crippen LogP contribution in [-0.2, 0) is 13.0 Å². The number of ether oxygens (including phenoxy) is 1. The smallest absolute Gasteiger partial charge is 0.315 e. The zero-order valence-electron chi connectivity index (χ0n) is 14.3. The Morgan fingerprint density at radius 3 is 2.48 bits per heavy atom. The van der Waals surface area contributed by atoms with Crippen LogP contribution in [0, 0.1) is 0 Å². The summed E-state index contributed by atoms with van der Waals surface area (Å²) >= 11 is 0. The molecule has 4 nitrogen and oxygen atoms in total. The fourth-order valence-corrected chi connectivity index (χ4v) is 2.81. The van der Waals surface area contributed by atoms with Crippen molar-refractivity contribution in [2.75, 3.05) is 13.7 Å². The highest BCUT2D eigenvalue weighted by Crippen LogP contribution is 2.18. The highest BCUT2D eigenvalue weighted by molar-refractivity contribution is 5.85. The molecule has 0 aliphatic rings. The molecule has 0 spiro atoms. The topological polar surface area (TPSA) is 50.4 Å². The summed E-state index contributed by atoms with van der Waals surface area (Å²) in [6, 6.07) is 22.1. The largest absolute Gasteiger partial charge is 0.497 e. The van der Waals surface area contributed by atoms with Crippen LogP contribution >= 0.6 is 0 Å². The number of carbonyl (C=O) groups is 1. The van der Waals surface area contributed by atoms with Crippen molar-refractivity contribution >= 4 is 16.8 Å². The zero-order valence-corrected chi connectivity index (χ0v) is 14.3. The van der Waals surface area contributed by atoms with Gasteiger partial charge >= 0.3 is 6.03 Å². The molecule has 3 rings (SSSR count). The lowest BCUT2D eigenvalue weighted by atomic mass is 10.0. The molecule has 0 radical (unpaired) electrons. The number of hydrogen-bond acceptors (Lipinski definition) is 2. The standard InChI is InChI=1S/C21H22N2O2/c1-25-19-11-9-16(10-12-19)15-23-21(24)22-14-13-18-7-4-6-17-5-2-3-8-20(17)18/h2-12H,13-15H2,1H3,(H2,22,23,24). The SMILES string of the molecule is COc1ccc(CNC(=O)NCCc2cccc3ccccc23)cc1. The number of urea groups is 1. The fraction of sp³-hybridized carbons (Fsp3) is 0.190. The molecule has 0 atom stereocenters. The van der Waals surface area contributed by atoms with E-state index in [1.165, 1.54) is 16.3 Å². The summed E-state index contributed by atoms with van der Waals surface area (Å²) in [5.41, 5.74) is 2.28. The van der Waals surface area contributed by atoms with Gasteiger partial charge in [-0.05, 0) is 40.5 Å². The molecule has 3 aromatic rings. The zero-order chi connectivity index (χ0) is 17.5. The molecule has 3 aromatic carbocycles. The van der Waals surface area contributed by atoms with Crippen LogP contribution in [0.3, 0.4) is 0 Å². The van der Waals surface area contributed by atoms with Gasteiger partial charge in [0, 0.05) is 13.1 Å². The van der Waals surface area contributed by atoms with E-state index in [1.807, 2.05) is 36.4 Å². The van der Waals surface area contributed by atoms with Crippen LogP contribution in [0.4, 0.5) is 4.79 Å². The van der Waals surface area contributed by atoms with Gasteiger partial charge in [-0.3, -0.25) is 0 Å². The van der Waals surface area contributed by atoms with Gasteiger partial charge in [-0.1, -0.05) is 54.6 Å². The molecule has 0 aromatic heterocycles. The van der Waals surface area contributed by atoms with Crippen molar-refractivity contribution in [1.82, 2.24) is 10.6 Å². The number of carbonyl (C=O) groups excluding carboxylic acids is 1. The van der Waals surface area contributed by atoms with Gasteiger partial charge in [0.05, 0.1) is 7.11 Å². The normalized spacial score (nSPS) is 10.4. The number of methoxy groups -OCH3 is 1. The van der Waals surface area contributed by atoms with Crippen molar-refractivity contribution < 1.29 is 9.53 Å². The Labute approximate surface area is 147 Å². The quantitative estimate of drug-likeness (QED) is 0.718. The Kier molecular flexibility index (Phi) is 5.52. The average Bonchev–Trinajstić information content (AvgIpc) is 2.67. The highest BCUT2D eigenvalue weighted by Gasteiger charge is 2.03. The third kappa shape index (κ3) is 4.51. The van der Waals surface area contributed by atoms with Crippen LogP contribution in [-0.4, -0.2) is 19.7 Å². The van der Waals surface area contributed by atoms with E-state index in [2.05, 4.69) is 41.0 Å². The van der Waals surface area contributed by atoms with Crippen molar-refractivity contribution in [3.8, 4) is 5.75 Å². The van der Waals surface area contributed by atoms with Gasteiger partial charge in [0.15, 0.2) is 0 Å². The van der Waals surface area contributed by atoms with Crippen LogP contribution in [0.25, 0.3) is 10.8 Å². The van der Waals surface area contributed by atoms with Crippen LogP contribution in [0.15, 0.2) is 66.7 Å². The summed E-state index contributed by atoms with van der Waals surface area (Å²) < 4.78 is 5.12. The van der Waals surface area contributed by atoms with Crippen molar-refractivity contribution in [2.45, 2.75) is 13.0 Å². The second kappa shape index (κ2) is 8.20. The summed E-state index contributed by atoms with van der Waals surface area (Å²) in [5.74, 6) is 0.809. The van der Waals surface area contributed by atoms with Gasteiger partial charge in [0.2, 0.25) is 0 Å². The monoisotopic (exact) mass is 334 g/mol. The molecule has 25 heavy (non-hydrogen) atoms. The molecule has 0 heterocycles. The third-order valence-corrected chi connectivity index (χ3v) is 4.17. The van der Waals surface area contributed by atoms with Crippen LogP contribution in [0.2, 0.25) is 0 Å². The van der Waals surface area contributed by atoms with E-state index in [0.717, 1.165) is 17.7 Å². The first-order valence-electron chi connectivity index (χ1n) is 8.37. The van der Waals surface area contributed by atoms with Crippen LogP contribution < -0.4 is 15.4 Å². The number of nitrogens with one attached hydrogen (secondary N) is 2. The Hall–Kier alpha value is -3.01. The number of rotatable bonds is 6. The third-order valence-electron chi connectivity index (χ3n) is 4.17. The Bertz CT molecular complexity index is 839. The van der Waals surface area contributed by atoms with Gasteiger partial charge in [-0.25, -0.2) is 4.79 Å². The van der Waals surface area contributed by atoms with E-state index in [9.17, 15) is 4.79 Å². The molecular weight excluding hydrogens is 312 g/mol. The number of benzene rings is 3. The van der Waals surface area contributed by atoms with E-state index >= 15 is 0 Å². The first-order valence-corrected chi connectivity index (χ1v) is 8.37. The van der Waals surface area contributed by atoms with E-state index in [1.54, 1.807) is 7.11 Å². The maximum absolute atomic E-state index is 11.9. The minimum Gasteiger partial charge on any atom is -0.497 e. The second-order valence-electron chi connectivity index (χ2n) is 5.85. The van der Waals surface area contributed by atoms with Gasteiger partial charge in [0.1, 0.15) is 5.75 Å². The van der Waals surface area contributed by atoms with Crippen LogP contribution in [0.1, 0.15) is 11.1 Å². The first kappa shape index (κ1) is 16.8. The Morgan fingerprint density at radius 2 is 1.68 bits per heavy atom. The van der Waals surface area contributed by atoms with Crippen molar-refractivity contribution in [3.63, 3.8) is 0 Å². The molecule has 0 fully saturated rings. The summed E-state index contributed by atoms with van der Waals surface area (Å²) in [6.07, 6.45) is 0.803. The maximum Gasteiger partial charge on any atom is 0.315 e. The molecule has 2 N–H and O–H groups in total. The van der Waals surface area contributed by atoms with Gasteiger partial charge in [-0.2, -0.15) is 0 Å². The average molecular weight is 334 g/mol. The predicted octanol–water partition coefficient (Wildman–Crippen LogP) is 3.89. The summed E-state index contributed by atoms with van der Waals surface area (Å²) in [4.78, 5) is 11.9. The molecule has 0 bridgehead atoms. The molecule has 0 aliphatic heterocycles. The van der Waals surface area contributed by atoms with Crippen molar-refractivity contribution in [3.05, 3.63) is 77.9 Å². The molecule has 4 heteroatoms. The summed E-state index contributed by atoms with van der Waals surface area (Å²) in [6.45, 7) is 1.09. The second-order valence-corrected chi connectivity index (χ2v) is 5.85. The van der Waals surface area contributed by atoms with Gasteiger partial charge in [0.25, 0.3) is 0 Å². The van der Waals surface area contributed by atoms with Crippen molar-refractivity contribution in [1.29, 1.82) is 0 Å². The molecule has 0 saturated carbocycles. The van der Waals surface area contributed by atoms with E-state index in [0.29, 0.717) is 13.1 Å².